The van der Waals surface area contributed by atoms with Crippen molar-refractivity contribution in [2.24, 2.45) is 0 Å². The van der Waals surface area contributed by atoms with E-state index in [1.165, 1.54) is 18.5 Å². The Morgan fingerprint density at radius 3 is 2.67 bits per heavy atom. The molecule has 1 aromatic carbocycles. The summed E-state index contributed by atoms with van der Waals surface area (Å²) in [5.74, 6) is 0.432. The van der Waals surface area contributed by atoms with Crippen LogP contribution in [0, 0.1) is 0 Å². The molecule has 0 aliphatic heterocycles. The minimum Gasteiger partial charge on any atom is -0.391 e. The molecule has 2 atom stereocenters. The molecular formula is C25H27N3O2. The van der Waals surface area contributed by atoms with Crippen LogP contribution in [0.25, 0.3) is 10.9 Å². The van der Waals surface area contributed by atoms with Crippen molar-refractivity contribution in [3.63, 3.8) is 0 Å². The maximum atomic E-state index is 12.9. The van der Waals surface area contributed by atoms with E-state index in [-0.39, 0.29) is 11.9 Å². The third kappa shape index (κ3) is 4.08. The number of aliphatic hydroxyl groups is 1. The number of amides is 1. The summed E-state index contributed by atoms with van der Waals surface area (Å²) < 4.78 is 0. The average Bonchev–Trinajstić information content (AvgIpc) is 3.61. The van der Waals surface area contributed by atoms with Crippen LogP contribution in [0.15, 0.2) is 48.7 Å². The predicted octanol–water partition coefficient (Wildman–Crippen LogP) is 4.13. The molecule has 0 unspecified atom stereocenters. The molecule has 0 bridgehead atoms. The van der Waals surface area contributed by atoms with Gasteiger partial charge in [-0.15, -0.1) is 0 Å². The first kappa shape index (κ1) is 19.2. The minimum atomic E-state index is -0.473. The molecule has 3 aromatic rings. The summed E-state index contributed by atoms with van der Waals surface area (Å²) in [4.78, 5) is 22.2. The maximum Gasteiger partial charge on any atom is 0.270 e. The van der Waals surface area contributed by atoms with Gasteiger partial charge in [0, 0.05) is 23.2 Å². The number of aliphatic hydroxyl groups excluding tert-OH is 1. The van der Waals surface area contributed by atoms with Gasteiger partial charge < -0.3 is 10.4 Å². The van der Waals surface area contributed by atoms with E-state index in [2.05, 4.69) is 33.5 Å². The Morgan fingerprint density at radius 1 is 1.07 bits per heavy atom. The van der Waals surface area contributed by atoms with Crippen LogP contribution in [0.2, 0.25) is 0 Å². The van der Waals surface area contributed by atoms with Gasteiger partial charge in [0.1, 0.15) is 5.69 Å². The lowest BCUT2D eigenvalue weighted by Gasteiger charge is -2.28. The lowest BCUT2D eigenvalue weighted by atomic mass is 9.92. The zero-order valence-electron chi connectivity index (χ0n) is 17.1. The van der Waals surface area contributed by atoms with E-state index in [1.54, 1.807) is 0 Å². The Kier molecular flexibility index (Phi) is 5.21. The van der Waals surface area contributed by atoms with Crippen molar-refractivity contribution >= 4 is 16.8 Å². The second-order valence-corrected chi connectivity index (χ2v) is 8.66. The van der Waals surface area contributed by atoms with Gasteiger partial charge in [0.25, 0.3) is 5.91 Å². The van der Waals surface area contributed by atoms with Crippen LogP contribution in [0.5, 0.6) is 0 Å². The number of hydrogen-bond acceptors (Lipinski definition) is 4. The summed E-state index contributed by atoms with van der Waals surface area (Å²) in [5.41, 5.74) is 4.60. The first-order valence-corrected chi connectivity index (χ1v) is 11.0. The van der Waals surface area contributed by atoms with Gasteiger partial charge in [0.15, 0.2) is 0 Å². The number of nitrogens with zero attached hydrogens (tertiary/aromatic N) is 2. The molecule has 154 valence electrons. The summed E-state index contributed by atoms with van der Waals surface area (Å²) in [6.45, 7) is 0. The molecule has 5 nitrogen and oxygen atoms in total. The smallest absolute Gasteiger partial charge is 0.270 e. The summed E-state index contributed by atoms with van der Waals surface area (Å²) in [7, 11) is 0. The number of aromatic nitrogens is 2. The number of rotatable bonds is 5. The molecule has 2 aromatic heterocycles. The van der Waals surface area contributed by atoms with Gasteiger partial charge in [-0.2, -0.15) is 0 Å². The lowest BCUT2D eigenvalue weighted by Crippen LogP contribution is -2.45. The van der Waals surface area contributed by atoms with E-state index in [0.29, 0.717) is 18.0 Å². The molecule has 0 radical (unpaired) electrons. The van der Waals surface area contributed by atoms with Gasteiger partial charge in [-0.3, -0.25) is 9.78 Å². The van der Waals surface area contributed by atoms with E-state index < -0.39 is 6.10 Å². The van der Waals surface area contributed by atoms with Gasteiger partial charge in [0.05, 0.1) is 17.7 Å². The molecule has 2 saturated carbocycles. The highest BCUT2D eigenvalue weighted by molar-refractivity contribution is 5.96. The van der Waals surface area contributed by atoms with Crippen LogP contribution in [0.1, 0.15) is 71.8 Å². The van der Waals surface area contributed by atoms with Gasteiger partial charge in [-0.1, -0.05) is 37.1 Å². The number of carbonyl (C=O) groups is 1. The molecule has 5 heteroatoms. The summed E-state index contributed by atoms with van der Waals surface area (Å²) in [6, 6.07) is 13.9. The number of hydrogen-bond donors (Lipinski definition) is 2. The van der Waals surface area contributed by atoms with E-state index >= 15 is 0 Å². The number of pyridine rings is 2. The van der Waals surface area contributed by atoms with Crippen LogP contribution in [0.3, 0.4) is 0 Å². The Morgan fingerprint density at radius 2 is 1.90 bits per heavy atom. The van der Waals surface area contributed by atoms with Crippen molar-refractivity contribution < 1.29 is 9.90 Å². The summed E-state index contributed by atoms with van der Waals surface area (Å²) in [5, 5.41) is 14.3. The summed E-state index contributed by atoms with van der Waals surface area (Å²) >= 11 is 0. The normalized spacial score (nSPS) is 21.5. The number of carbonyl (C=O) groups excluding carboxylic acids is 1. The van der Waals surface area contributed by atoms with Gasteiger partial charge >= 0.3 is 0 Å². The van der Waals surface area contributed by atoms with Crippen LogP contribution in [0.4, 0.5) is 0 Å². The lowest BCUT2D eigenvalue weighted by molar-refractivity contribution is 0.0714. The molecule has 2 N–H and O–H groups in total. The first-order valence-electron chi connectivity index (χ1n) is 11.0. The molecular weight excluding hydrogens is 374 g/mol. The second kappa shape index (κ2) is 8.15. The zero-order chi connectivity index (χ0) is 20.5. The molecule has 5 rings (SSSR count). The Balaban J connectivity index is 1.42. The molecule has 30 heavy (non-hydrogen) atoms. The van der Waals surface area contributed by atoms with Crippen molar-refractivity contribution in [1.29, 1.82) is 0 Å². The fraction of sp³-hybridized carbons (Fsp3) is 0.400. The molecule has 2 aliphatic rings. The number of para-hydroxylation sites is 1. The highest BCUT2D eigenvalue weighted by Gasteiger charge is 2.26. The van der Waals surface area contributed by atoms with Crippen LogP contribution < -0.4 is 5.32 Å². The fourth-order valence-electron chi connectivity index (χ4n) is 4.41. The molecule has 2 heterocycles. The number of benzene rings is 1. The predicted molar refractivity (Wildman–Crippen MR) is 116 cm³/mol. The van der Waals surface area contributed by atoms with E-state index in [1.807, 2.05) is 30.5 Å². The molecule has 1 amide bonds. The molecule has 0 saturated heterocycles. The van der Waals surface area contributed by atoms with Crippen molar-refractivity contribution in [2.45, 2.75) is 63.0 Å². The average molecular weight is 402 g/mol. The summed E-state index contributed by atoms with van der Waals surface area (Å²) in [6.07, 6.45) is 8.28. The van der Waals surface area contributed by atoms with Gasteiger partial charge in [0.2, 0.25) is 0 Å². The number of nitrogens with one attached hydrogen (secondary N) is 1. The fourth-order valence-corrected chi connectivity index (χ4v) is 4.41. The topological polar surface area (TPSA) is 75.1 Å². The zero-order valence-corrected chi connectivity index (χ0v) is 17.1. The van der Waals surface area contributed by atoms with E-state index in [9.17, 15) is 9.90 Å². The van der Waals surface area contributed by atoms with E-state index in [4.69, 9.17) is 0 Å². The Labute approximate surface area is 176 Å². The Bertz CT molecular complexity index is 1060. The molecule has 2 aliphatic carbocycles. The quantitative estimate of drug-likeness (QED) is 0.674. The molecule has 0 spiro atoms. The van der Waals surface area contributed by atoms with Crippen molar-refractivity contribution in [3.05, 3.63) is 71.2 Å². The van der Waals surface area contributed by atoms with Crippen molar-refractivity contribution in [2.75, 3.05) is 0 Å². The third-order valence-electron chi connectivity index (χ3n) is 6.32. The highest BCUT2D eigenvalue weighted by atomic mass is 16.3. The SMILES string of the molecule is O=C(N[C@H]1CCCC[C@@H]1O)c1cc(Cc2ccc(C3CC3)nc2)c2ccccc2n1. The van der Waals surface area contributed by atoms with Crippen molar-refractivity contribution in [3.8, 4) is 0 Å². The minimum absolute atomic E-state index is 0.192. The standard InChI is InChI=1S/C25H27N3O2/c29-24-8-4-3-7-22(24)28-25(30)23-14-18(19-5-1-2-6-21(19)27-23)13-16-9-12-20(26-15-16)17-10-11-17/h1-2,5-6,9,12,14-15,17,22,24,29H,3-4,7-8,10-11,13H2,(H,28,30)/t22-,24-/m0/s1. The van der Waals surface area contributed by atoms with Crippen molar-refractivity contribution in [1.82, 2.24) is 15.3 Å². The first-order chi connectivity index (χ1) is 14.7. The second-order valence-electron chi connectivity index (χ2n) is 8.66. The molecule has 2 fully saturated rings. The Hall–Kier alpha value is -2.79. The largest absolute Gasteiger partial charge is 0.391 e. The van der Waals surface area contributed by atoms with Gasteiger partial charge in [-0.05, 0) is 61.4 Å². The van der Waals surface area contributed by atoms with Crippen LogP contribution >= 0.6 is 0 Å². The van der Waals surface area contributed by atoms with Crippen LogP contribution in [-0.2, 0) is 6.42 Å². The van der Waals surface area contributed by atoms with E-state index in [0.717, 1.165) is 47.7 Å². The highest BCUT2D eigenvalue weighted by Crippen LogP contribution is 2.38. The monoisotopic (exact) mass is 401 g/mol. The number of fused-ring (bicyclic) bond motifs is 1. The van der Waals surface area contributed by atoms with Crippen LogP contribution in [-0.4, -0.2) is 33.1 Å². The maximum absolute atomic E-state index is 12.9. The van der Waals surface area contributed by atoms with Gasteiger partial charge in [-0.25, -0.2) is 4.98 Å². The third-order valence-corrected chi connectivity index (χ3v) is 6.32.